The van der Waals surface area contributed by atoms with Crippen LogP contribution in [0.15, 0.2) is 18.9 Å². The van der Waals surface area contributed by atoms with Crippen molar-refractivity contribution in [1.82, 2.24) is 9.78 Å². The highest BCUT2D eigenvalue weighted by atomic mass is 15.3. The highest BCUT2D eigenvalue weighted by Crippen LogP contribution is 2.20. The van der Waals surface area contributed by atoms with Crippen LogP contribution in [0.3, 0.4) is 0 Å². The van der Waals surface area contributed by atoms with Crippen molar-refractivity contribution in [3.63, 3.8) is 0 Å². The van der Waals surface area contributed by atoms with Crippen molar-refractivity contribution in [3.05, 3.63) is 30.1 Å². The van der Waals surface area contributed by atoms with Gasteiger partial charge in [0.1, 0.15) is 0 Å². The molecule has 2 heteroatoms. The van der Waals surface area contributed by atoms with Gasteiger partial charge in [-0.15, -0.1) is 6.58 Å². The topological polar surface area (TPSA) is 17.8 Å². The van der Waals surface area contributed by atoms with Crippen LogP contribution in [0.1, 0.15) is 24.1 Å². The molecule has 0 fully saturated rings. The maximum Gasteiger partial charge on any atom is 0.0590 e. The van der Waals surface area contributed by atoms with Crippen molar-refractivity contribution in [1.29, 1.82) is 0 Å². The summed E-state index contributed by atoms with van der Waals surface area (Å²) in [7, 11) is 0. The van der Waals surface area contributed by atoms with E-state index >= 15 is 0 Å². The maximum atomic E-state index is 4.33. The van der Waals surface area contributed by atoms with Crippen LogP contribution in [0.5, 0.6) is 0 Å². The number of nitrogens with zero attached hydrogens (tertiary/aromatic N) is 2. The third kappa shape index (κ3) is 1.17. The zero-order valence-corrected chi connectivity index (χ0v) is 7.29. The Morgan fingerprint density at radius 1 is 1.50 bits per heavy atom. The summed E-state index contributed by atoms with van der Waals surface area (Å²) in [6.45, 7) is 4.58. The highest BCUT2D eigenvalue weighted by Gasteiger charge is 2.13. The minimum Gasteiger partial charge on any atom is -0.266 e. The van der Waals surface area contributed by atoms with Gasteiger partial charge >= 0.3 is 0 Å². The molecule has 1 aromatic rings. The molecule has 0 aliphatic heterocycles. The van der Waals surface area contributed by atoms with Crippen LogP contribution in [0, 0.1) is 0 Å². The fourth-order valence-corrected chi connectivity index (χ4v) is 1.84. The lowest BCUT2D eigenvalue weighted by atomic mass is 9.98. The first kappa shape index (κ1) is 7.59. The summed E-state index contributed by atoms with van der Waals surface area (Å²) < 4.78 is 2.07. The molecule has 0 bridgehead atoms. The van der Waals surface area contributed by atoms with E-state index in [0.29, 0.717) is 0 Å². The van der Waals surface area contributed by atoms with Crippen molar-refractivity contribution in [2.45, 2.75) is 32.2 Å². The molecule has 0 atom stereocenters. The Labute approximate surface area is 72.9 Å². The van der Waals surface area contributed by atoms with Gasteiger partial charge in [0.15, 0.2) is 0 Å². The summed E-state index contributed by atoms with van der Waals surface area (Å²) in [6.07, 6.45) is 8.97. The predicted octanol–water partition coefficient (Wildman–Crippen LogP) is 1.95. The van der Waals surface area contributed by atoms with Gasteiger partial charge in [0.05, 0.1) is 12.7 Å². The van der Waals surface area contributed by atoms with E-state index < -0.39 is 0 Å². The second-order valence-corrected chi connectivity index (χ2v) is 3.29. The normalized spacial score (nSPS) is 15.7. The lowest BCUT2D eigenvalue weighted by Gasteiger charge is -2.12. The van der Waals surface area contributed by atoms with Crippen LogP contribution < -0.4 is 0 Å². The fraction of sp³-hybridized carbons (Fsp3) is 0.500. The lowest BCUT2D eigenvalue weighted by molar-refractivity contribution is 0.602. The SMILES string of the molecule is C=CCn1ncc2c1CCCC2. The second kappa shape index (κ2) is 3.13. The first-order valence-corrected chi connectivity index (χ1v) is 4.56. The fourth-order valence-electron chi connectivity index (χ4n) is 1.84. The molecule has 0 unspecified atom stereocenters. The third-order valence-electron chi connectivity index (χ3n) is 2.45. The van der Waals surface area contributed by atoms with E-state index in [2.05, 4.69) is 16.4 Å². The van der Waals surface area contributed by atoms with Crippen LogP contribution >= 0.6 is 0 Å². The Balaban J connectivity index is 2.31. The molecule has 1 aromatic heterocycles. The quantitative estimate of drug-likeness (QED) is 0.608. The monoisotopic (exact) mass is 162 g/mol. The molecule has 0 saturated heterocycles. The Morgan fingerprint density at radius 2 is 2.33 bits per heavy atom. The summed E-state index contributed by atoms with van der Waals surface area (Å²) in [5, 5.41) is 4.33. The minimum absolute atomic E-state index is 0.856. The number of aryl methyl sites for hydroxylation is 1. The van der Waals surface area contributed by atoms with Gasteiger partial charge in [-0.3, -0.25) is 4.68 Å². The number of fused-ring (bicyclic) bond motifs is 1. The molecule has 0 amide bonds. The summed E-state index contributed by atoms with van der Waals surface area (Å²) in [5.74, 6) is 0. The van der Waals surface area contributed by atoms with E-state index in [9.17, 15) is 0 Å². The lowest BCUT2D eigenvalue weighted by Crippen LogP contribution is -2.08. The van der Waals surface area contributed by atoms with Gasteiger partial charge in [-0.05, 0) is 31.2 Å². The van der Waals surface area contributed by atoms with Gasteiger partial charge in [0.25, 0.3) is 0 Å². The molecule has 12 heavy (non-hydrogen) atoms. The van der Waals surface area contributed by atoms with E-state index in [4.69, 9.17) is 0 Å². The van der Waals surface area contributed by atoms with E-state index in [1.165, 1.54) is 36.9 Å². The van der Waals surface area contributed by atoms with Gasteiger partial charge in [0, 0.05) is 5.69 Å². The standard InChI is InChI=1S/C10H14N2/c1-2-7-12-10-6-4-3-5-9(10)8-11-12/h2,8H,1,3-7H2. The smallest absolute Gasteiger partial charge is 0.0590 e. The van der Waals surface area contributed by atoms with Crippen LogP contribution in [0.25, 0.3) is 0 Å². The summed E-state index contributed by atoms with van der Waals surface area (Å²) >= 11 is 0. The zero-order valence-electron chi connectivity index (χ0n) is 7.29. The van der Waals surface area contributed by atoms with Gasteiger partial charge < -0.3 is 0 Å². The third-order valence-corrected chi connectivity index (χ3v) is 2.45. The van der Waals surface area contributed by atoms with Gasteiger partial charge in [0.2, 0.25) is 0 Å². The molecule has 0 aromatic carbocycles. The van der Waals surface area contributed by atoms with Crippen molar-refractivity contribution in [2.75, 3.05) is 0 Å². The van der Waals surface area contributed by atoms with Gasteiger partial charge in [-0.25, -0.2) is 0 Å². The molecule has 64 valence electrons. The zero-order chi connectivity index (χ0) is 8.39. The van der Waals surface area contributed by atoms with E-state index in [0.717, 1.165) is 6.54 Å². The largest absolute Gasteiger partial charge is 0.266 e. The first-order chi connectivity index (χ1) is 5.92. The number of hydrogen-bond donors (Lipinski definition) is 0. The molecule has 2 nitrogen and oxygen atoms in total. The van der Waals surface area contributed by atoms with E-state index in [1.54, 1.807) is 0 Å². The molecule has 0 N–H and O–H groups in total. The second-order valence-electron chi connectivity index (χ2n) is 3.29. The molecule has 1 heterocycles. The molecule has 0 saturated carbocycles. The van der Waals surface area contributed by atoms with E-state index in [-0.39, 0.29) is 0 Å². The summed E-state index contributed by atoms with van der Waals surface area (Å²) in [5.41, 5.74) is 2.88. The average molecular weight is 162 g/mol. The molecule has 0 radical (unpaired) electrons. The van der Waals surface area contributed by atoms with Crippen LogP contribution in [-0.4, -0.2) is 9.78 Å². The number of rotatable bonds is 2. The molecular formula is C10H14N2. The Kier molecular flexibility index (Phi) is 1.98. The summed E-state index contributed by atoms with van der Waals surface area (Å²) in [6, 6.07) is 0. The Hall–Kier alpha value is -1.05. The van der Waals surface area contributed by atoms with Crippen molar-refractivity contribution >= 4 is 0 Å². The Bertz CT molecular complexity index is 286. The number of aromatic nitrogens is 2. The van der Waals surface area contributed by atoms with Crippen LogP contribution in [-0.2, 0) is 19.4 Å². The number of allylic oxidation sites excluding steroid dienone is 1. The molecular weight excluding hydrogens is 148 g/mol. The first-order valence-electron chi connectivity index (χ1n) is 4.56. The van der Waals surface area contributed by atoms with Crippen molar-refractivity contribution in [2.24, 2.45) is 0 Å². The van der Waals surface area contributed by atoms with Crippen LogP contribution in [0.4, 0.5) is 0 Å². The number of hydrogen-bond acceptors (Lipinski definition) is 1. The van der Waals surface area contributed by atoms with Gasteiger partial charge in [-0.1, -0.05) is 6.08 Å². The minimum atomic E-state index is 0.856. The van der Waals surface area contributed by atoms with Gasteiger partial charge in [-0.2, -0.15) is 5.10 Å². The molecule has 1 aliphatic rings. The molecule has 0 spiro atoms. The highest BCUT2D eigenvalue weighted by molar-refractivity contribution is 5.20. The maximum absolute atomic E-state index is 4.33. The van der Waals surface area contributed by atoms with Crippen molar-refractivity contribution < 1.29 is 0 Å². The molecule has 1 aliphatic carbocycles. The average Bonchev–Trinajstić information content (AvgIpc) is 2.50. The predicted molar refractivity (Wildman–Crippen MR) is 49.1 cm³/mol. The Morgan fingerprint density at radius 3 is 3.17 bits per heavy atom. The summed E-state index contributed by atoms with van der Waals surface area (Å²) in [4.78, 5) is 0. The van der Waals surface area contributed by atoms with Crippen molar-refractivity contribution in [3.8, 4) is 0 Å². The molecule has 2 rings (SSSR count). The van der Waals surface area contributed by atoms with Crippen LogP contribution in [0.2, 0.25) is 0 Å². The van der Waals surface area contributed by atoms with E-state index in [1.807, 2.05) is 12.3 Å².